The molecule has 0 radical (unpaired) electrons. The van der Waals surface area contributed by atoms with Gasteiger partial charge in [0, 0.05) is 10.0 Å². The number of hydrogen-bond acceptors (Lipinski definition) is 5. The van der Waals surface area contributed by atoms with Gasteiger partial charge in [0.25, 0.3) is 0 Å². The molecule has 2 aromatic carbocycles. The minimum absolute atomic E-state index is 0.132. The summed E-state index contributed by atoms with van der Waals surface area (Å²) in [5, 5.41) is 0. The van der Waals surface area contributed by atoms with Crippen molar-refractivity contribution in [3.8, 4) is 11.5 Å². The molecular formula is C21H17BrO5. The Kier molecular flexibility index (Phi) is 5.76. The molecule has 0 atom stereocenters. The number of carbonyl (C=O) groups is 2. The van der Waals surface area contributed by atoms with Crippen LogP contribution in [0.5, 0.6) is 11.5 Å². The second-order valence-electron chi connectivity index (χ2n) is 5.82. The van der Waals surface area contributed by atoms with Crippen molar-refractivity contribution in [3.63, 3.8) is 0 Å². The molecule has 0 amide bonds. The zero-order chi connectivity index (χ0) is 19.4. The average Bonchev–Trinajstić information content (AvgIpc) is 2.98. The fourth-order valence-corrected chi connectivity index (χ4v) is 2.83. The van der Waals surface area contributed by atoms with Crippen LogP contribution in [0.2, 0.25) is 0 Å². The maximum Gasteiger partial charge on any atom is 0.344 e. The maximum absolute atomic E-state index is 12.6. The van der Waals surface area contributed by atoms with E-state index in [4.69, 9.17) is 14.2 Å². The van der Waals surface area contributed by atoms with Crippen LogP contribution in [0, 0.1) is 6.92 Å². The molecule has 0 bridgehead atoms. The smallest absolute Gasteiger partial charge is 0.344 e. The number of esters is 1. The van der Waals surface area contributed by atoms with Gasteiger partial charge in [-0.25, -0.2) is 4.79 Å². The lowest BCUT2D eigenvalue weighted by atomic mass is 10.1. The fourth-order valence-electron chi connectivity index (χ4n) is 2.56. The normalized spacial score (nSPS) is 13.9. The van der Waals surface area contributed by atoms with Gasteiger partial charge in [-0.3, -0.25) is 4.79 Å². The van der Waals surface area contributed by atoms with Gasteiger partial charge in [0.2, 0.25) is 5.78 Å². The van der Waals surface area contributed by atoms with Gasteiger partial charge in [0.05, 0.1) is 5.56 Å². The number of ketones is 1. The largest absolute Gasteiger partial charge is 0.481 e. The standard InChI is InChI=1S/C21H17BrO5/c1-3-10-25-19(23)12-26-17-9-8-16-20(24)18(27-21(16)13(17)2)11-14-4-6-15(22)7-5-14/h3-9,11H,1,10,12H2,2H3/b18-11-. The van der Waals surface area contributed by atoms with Gasteiger partial charge >= 0.3 is 5.97 Å². The number of hydrogen-bond donors (Lipinski definition) is 0. The van der Waals surface area contributed by atoms with Gasteiger partial charge in [-0.05, 0) is 42.8 Å². The highest BCUT2D eigenvalue weighted by molar-refractivity contribution is 9.10. The van der Waals surface area contributed by atoms with E-state index < -0.39 is 5.97 Å². The van der Waals surface area contributed by atoms with E-state index in [0.29, 0.717) is 22.6 Å². The highest BCUT2D eigenvalue weighted by atomic mass is 79.9. The molecule has 3 rings (SSSR count). The van der Waals surface area contributed by atoms with Crippen molar-refractivity contribution in [2.24, 2.45) is 0 Å². The number of Topliss-reactive ketones (excluding diaryl/α,β-unsaturated/α-hetero) is 1. The van der Waals surface area contributed by atoms with Crippen LogP contribution in [-0.4, -0.2) is 25.0 Å². The summed E-state index contributed by atoms with van der Waals surface area (Å²) in [4.78, 5) is 24.1. The molecule has 1 aliphatic heterocycles. The van der Waals surface area contributed by atoms with Gasteiger partial charge in [-0.15, -0.1) is 0 Å². The fraction of sp³-hybridized carbons (Fsp3) is 0.143. The average molecular weight is 429 g/mol. The number of benzene rings is 2. The second-order valence-corrected chi connectivity index (χ2v) is 6.73. The number of carbonyl (C=O) groups excluding carboxylic acids is 2. The highest BCUT2D eigenvalue weighted by Crippen LogP contribution is 2.39. The van der Waals surface area contributed by atoms with Crippen LogP contribution in [-0.2, 0) is 9.53 Å². The third-order valence-electron chi connectivity index (χ3n) is 3.91. The van der Waals surface area contributed by atoms with E-state index in [-0.39, 0.29) is 24.8 Å². The monoisotopic (exact) mass is 428 g/mol. The summed E-state index contributed by atoms with van der Waals surface area (Å²) in [6.07, 6.45) is 3.18. The first-order valence-electron chi connectivity index (χ1n) is 8.22. The Morgan fingerprint density at radius 3 is 2.67 bits per heavy atom. The lowest BCUT2D eigenvalue weighted by Crippen LogP contribution is -2.15. The minimum atomic E-state index is -0.498. The van der Waals surface area contributed by atoms with Crippen molar-refractivity contribution >= 4 is 33.8 Å². The quantitative estimate of drug-likeness (QED) is 0.385. The van der Waals surface area contributed by atoms with Crippen LogP contribution in [0.3, 0.4) is 0 Å². The van der Waals surface area contributed by atoms with Gasteiger partial charge in [0.1, 0.15) is 18.1 Å². The molecule has 0 spiro atoms. The molecule has 0 fully saturated rings. The summed E-state index contributed by atoms with van der Waals surface area (Å²) in [6.45, 7) is 5.15. The summed E-state index contributed by atoms with van der Waals surface area (Å²) in [5.41, 5.74) is 1.97. The third kappa shape index (κ3) is 4.28. The van der Waals surface area contributed by atoms with Gasteiger partial charge < -0.3 is 14.2 Å². The summed E-state index contributed by atoms with van der Waals surface area (Å²) < 4.78 is 17.1. The Balaban J connectivity index is 1.78. The number of ether oxygens (including phenoxy) is 3. The van der Waals surface area contributed by atoms with Crippen LogP contribution in [0.4, 0.5) is 0 Å². The van der Waals surface area contributed by atoms with Crippen molar-refractivity contribution in [2.45, 2.75) is 6.92 Å². The molecule has 0 saturated heterocycles. The van der Waals surface area contributed by atoms with Crippen LogP contribution in [0.15, 0.2) is 59.3 Å². The van der Waals surface area contributed by atoms with Crippen molar-refractivity contribution in [3.05, 3.63) is 76.0 Å². The molecule has 2 aromatic rings. The summed E-state index contributed by atoms with van der Waals surface area (Å²) in [5.74, 6) is 0.468. The molecule has 0 N–H and O–H groups in total. The zero-order valence-electron chi connectivity index (χ0n) is 14.7. The van der Waals surface area contributed by atoms with Gasteiger partial charge in [0.15, 0.2) is 12.4 Å². The topological polar surface area (TPSA) is 61.8 Å². The van der Waals surface area contributed by atoms with Crippen LogP contribution in [0.1, 0.15) is 21.5 Å². The number of fused-ring (bicyclic) bond motifs is 1. The lowest BCUT2D eigenvalue weighted by Gasteiger charge is -2.10. The molecule has 6 heteroatoms. The number of halogens is 1. The molecule has 0 aliphatic carbocycles. The predicted molar refractivity (Wildman–Crippen MR) is 105 cm³/mol. The van der Waals surface area contributed by atoms with E-state index in [1.807, 2.05) is 24.3 Å². The first-order valence-corrected chi connectivity index (χ1v) is 9.01. The molecule has 1 aliphatic rings. The van der Waals surface area contributed by atoms with Crippen LogP contribution >= 0.6 is 15.9 Å². The molecule has 5 nitrogen and oxygen atoms in total. The Morgan fingerprint density at radius 1 is 1.22 bits per heavy atom. The van der Waals surface area contributed by atoms with E-state index in [0.717, 1.165) is 10.0 Å². The summed E-state index contributed by atoms with van der Waals surface area (Å²) in [7, 11) is 0. The van der Waals surface area contributed by atoms with Crippen molar-refractivity contribution in [2.75, 3.05) is 13.2 Å². The van der Waals surface area contributed by atoms with E-state index in [1.165, 1.54) is 6.08 Å². The van der Waals surface area contributed by atoms with Gasteiger partial charge in [-0.2, -0.15) is 0 Å². The number of rotatable bonds is 6. The maximum atomic E-state index is 12.6. The molecule has 0 unspecified atom stereocenters. The van der Waals surface area contributed by atoms with Crippen molar-refractivity contribution < 1.29 is 23.8 Å². The molecule has 0 aromatic heterocycles. The Morgan fingerprint density at radius 2 is 1.96 bits per heavy atom. The van der Waals surface area contributed by atoms with Gasteiger partial charge in [-0.1, -0.05) is 40.7 Å². The van der Waals surface area contributed by atoms with Crippen LogP contribution < -0.4 is 9.47 Å². The van der Waals surface area contributed by atoms with E-state index in [2.05, 4.69) is 22.5 Å². The molecule has 1 heterocycles. The van der Waals surface area contributed by atoms with Crippen LogP contribution in [0.25, 0.3) is 6.08 Å². The molecule has 0 saturated carbocycles. The molecular weight excluding hydrogens is 412 g/mol. The SMILES string of the molecule is C=CCOC(=O)COc1ccc2c(c1C)O/C(=C\c1ccc(Br)cc1)C2=O. The summed E-state index contributed by atoms with van der Waals surface area (Å²) in [6, 6.07) is 10.8. The van der Waals surface area contributed by atoms with Crippen molar-refractivity contribution in [1.82, 2.24) is 0 Å². The Labute approximate surface area is 165 Å². The Hall–Kier alpha value is -2.86. The van der Waals surface area contributed by atoms with Crippen molar-refractivity contribution in [1.29, 1.82) is 0 Å². The summed E-state index contributed by atoms with van der Waals surface area (Å²) >= 11 is 3.38. The van der Waals surface area contributed by atoms with E-state index >= 15 is 0 Å². The highest BCUT2D eigenvalue weighted by Gasteiger charge is 2.30. The lowest BCUT2D eigenvalue weighted by molar-refractivity contribution is -0.144. The number of allylic oxidation sites excluding steroid dienone is 1. The van der Waals surface area contributed by atoms with E-state index in [1.54, 1.807) is 25.1 Å². The first-order chi connectivity index (χ1) is 13.0. The molecule has 138 valence electrons. The second kappa shape index (κ2) is 8.22. The predicted octanol–water partition coefficient (Wildman–Crippen LogP) is 4.48. The molecule has 27 heavy (non-hydrogen) atoms. The first kappa shape index (κ1) is 18.9. The minimum Gasteiger partial charge on any atom is -0.481 e. The third-order valence-corrected chi connectivity index (χ3v) is 4.44. The van der Waals surface area contributed by atoms with E-state index in [9.17, 15) is 9.59 Å². The Bertz CT molecular complexity index is 928. The zero-order valence-corrected chi connectivity index (χ0v) is 16.2.